The highest BCUT2D eigenvalue weighted by Gasteiger charge is 2.16. The monoisotopic (exact) mass is 322 g/mol. The molecule has 0 aromatic carbocycles. The summed E-state index contributed by atoms with van der Waals surface area (Å²) < 4.78 is 3.00. The van der Waals surface area contributed by atoms with Crippen LogP contribution in [0.4, 0.5) is 0 Å². The highest BCUT2D eigenvalue weighted by atomic mass is 79.9. The van der Waals surface area contributed by atoms with Crippen molar-refractivity contribution in [1.82, 2.24) is 14.8 Å². The van der Waals surface area contributed by atoms with E-state index in [1.165, 1.54) is 5.56 Å². The smallest absolute Gasteiger partial charge is 0.0693 e. The Kier molecular flexibility index (Phi) is 5.10. The van der Waals surface area contributed by atoms with Crippen LogP contribution in [0.2, 0.25) is 0 Å². The Bertz CT molecular complexity index is 509. The van der Waals surface area contributed by atoms with E-state index in [4.69, 9.17) is 5.73 Å². The van der Waals surface area contributed by atoms with Gasteiger partial charge in [-0.1, -0.05) is 6.92 Å². The lowest BCUT2D eigenvalue weighted by Gasteiger charge is -2.14. The molecule has 2 aromatic rings. The minimum absolute atomic E-state index is 0.00316. The maximum absolute atomic E-state index is 6.31. The van der Waals surface area contributed by atoms with Gasteiger partial charge >= 0.3 is 0 Å². The van der Waals surface area contributed by atoms with Gasteiger partial charge in [0.15, 0.2) is 0 Å². The summed E-state index contributed by atoms with van der Waals surface area (Å²) in [4.78, 5) is 4.02. The number of halogens is 1. The van der Waals surface area contributed by atoms with Gasteiger partial charge in [0.05, 0.1) is 16.4 Å². The summed E-state index contributed by atoms with van der Waals surface area (Å²) in [6.45, 7) is 3.05. The number of nitrogens with two attached hydrogens (primary N) is 1. The van der Waals surface area contributed by atoms with E-state index in [9.17, 15) is 0 Å². The van der Waals surface area contributed by atoms with Crippen LogP contribution in [0, 0.1) is 0 Å². The lowest BCUT2D eigenvalue weighted by atomic mass is 10.0. The molecule has 0 bridgehead atoms. The summed E-state index contributed by atoms with van der Waals surface area (Å²) in [5.41, 5.74) is 8.67. The van der Waals surface area contributed by atoms with Crippen molar-refractivity contribution in [2.75, 3.05) is 0 Å². The van der Waals surface area contributed by atoms with E-state index in [1.54, 1.807) is 0 Å². The first kappa shape index (κ1) is 14.2. The molecule has 0 fully saturated rings. The SMILES string of the molecule is CCCn1ncc(Br)c1C(N)CCc1ccncc1. The second-order valence-corrected chi connectivity index (χ2v) is 5.46. The van der Waals surface area contributed by atoms with Crippen LogP contribution in [0.5, 0.6) is 0 Å². The number of rotatable bonds is 6. The molecule has 1 unspecified atom stereocenters. The van der Waals surface area contributed by atoms with Gasteiger partial charge in [-0.25, -0.2) is 0 Å². The minimum atomic E-state index is -0.00316. The first-order valence-electron chi connectivity index (χ1n) is 6.58. The molecule has 102 valence electrons. The number of hydrogen-bond donors (Lipinski definition) is 1. The Hall–Kier alpha value is -1.20. The van der Waals surface area contributed by atoms with Crippen LogP contribution in [0.1, 0.15) is 37.1 Å². The summed E-state index contributed by atoms with van der Waals surface area (Å²) in [7, 11) is 0. The Morgan fingerprint density at radius 1 is 1.37 bits per heavy atom. The van der Waals surface area contributed by atoms with E-state index in [0.717, 1.165) is 36.0 Å². The molecule has 0 aliphatic rings. The number of nitrogens with zero attached hydrogens (tertiary/aromatic N) is 3. The molecule has 0 aliphatic carbocycles. The van der Waals surface area contributed by atoms with Crippen molar-refractivity contribution in [1.29, 1.82) is 0 Å². The maximum Gasteiger partial charge on any atom is 0.0693 e. The van der Waals surface area contributed by atoms with Crippen LogP contribution < -0.4 is 5.73 Å². The quantitative estimate of drug-likeness (QED) is 0.889. The fraction of sp³-hybridized carbons (Fsp3) is 0.429. The largest absolute Gasteiger partial charge is 0.323 e. The number of pyridine rings is 1. The van der Waals surface area contributed by atoms with Gasteiger partial charge in [-0.15, -0.1) is 0 Å². The van der Waals surface area contributed by atoms with Crippen LogP contribution in [0.25, 0.3) is 0 Å². The normalized spacial score (nSPS) is 12.6. The summed E-state index contributed by atoms with van der Waals surface area (Å²) in [6.07, 6.45) is 8.37. The molecular formula is C14H19BrN4. The number of aryl methyl sites for hydroxylation is 2. The molecule has 0 aliphatic heterocycles. The predicted octanol–water partition coefficient (Wildman–Crippen LogP) is 3.08. The van der Waals surface area contributed by atoms with Gasteiger partial charge in [0.25, 0.3) is 0 Å². The average molecular weight is 323 g/mol. The third-order valence-electron chi connectivity index (χ3n) is 3.11. The van der Waals surface area contributed by atoms with E-state index < -0.39 is 0 Å². The Morgan fingerprint density at radius 2 is 2.11 bits per heavy atom. The third-order valence-corrected chi connectivity index (χ3v) is 3.72. The van der Waals surface area contributed by atoms with Gasteiger partial charge in [0.2, 0.25) is 0 Å². The fourth-order valence-electron chi connectivity index (χ4n) is 2.14. The Morgan fingerprint density at radius 3 is 2.79 bits per heavy atom. The standard InChI is InChI=1S/C14H19BrN4/c1-2-9-19-14(12(15)10-18-19)13(16)4-3-11-5-7-17-8-6-11/h5-8,10,13H,2-4,9,16H2,1H3. The molecule has 2 rings (SSSR count). The van der Waals surface area contributed by atoms with E-state index in [1.807, 2.05) is 35.4 Å². The zero-order valence-corrected chi connectivity index (χ0v) is 12.7. The molecule has 4 nitrogen and oxygen atoms in total. The number of aromatic nitrogens is 3. The highest BCUT2D eigenvalue weighted by molar-refractivity contribution is 9.10. The zero-order valence-electron chi connectivity index (χ0n) is 11.1. The molecule has 0 saturated carbocycles. The molecule has 2 N–H and O–H groups in total. The van der Waals surface area contributed by atoms with E-state index in [0.29, 0.717) is 0 Å². The van der Waals surface area contributed by atoms with Crippen LogP contribution in [0.3, 0.4) is 0 Å². The van der Waals surface area contributed by atoms with E-state index in [2.05, 4.69) is 32.9 Å². The molecule has 5 heteroatoms. The fourth-order valence-corrected chi connectivity index (χ4v) is 2.73. The first-order chi connectivity index (χ1) is 9.22. The summed E-state index contributed by atoms with van der Waals surface area (Å²) in [5.74, 6) is 0. The Labute approximate surface area is 122 Å². The van der Waals surface area contributed by atoms with Crippen molar-refractivity contribution in [3.05, 3.63) is 46.5 Å². The van der Waals surface area contributed by atoms with Gasteiger partial charge in [0, 0.05) is 25.0 Å². The van der Waals surface area contributed by atoms with Gasteiger partial charge in [-0.3, -0.25) is 9.67 Å². The molecule has 1 atom stereocenters. The van der Waals surface area contributed by atoms with Crippen molar-refractivity contribution < 1.29 is 0 Å². The lowest BCUT2D eigenvalue weighted by molar-refractivity contribution is 0.521. The second kappa shape index (κ2) is 6.82. The van der Waals surface area contributed by atoms with Crippen LogP contribution in [-0.2, 0) is 13.0 Å². The lowest BCUT2D eigenvalue weighted by Crippen LogP contribution is -2.17. The van der Waals surface area contributed by atoms with Crippen molar-refractivity contribution >= 4 is 15.9 Å². The first-order valence-corrected chi connectivity index (χ1v) is 7.37. The zero-order chi connectivity index (χ0) is 13.7. The molecular weight excluding hydrogens is 304 g/mol. The highest BCUT2D eigenvalue weighted by Crippen LogP contribution is 2.25. The topological polar surface area (TPSA) is 56.7 Å². The van der Waals surface area contributed by atoms with Crippen molar-refractivity contribution in [2.45, 2.75) is 38.8 Å². The van der Waals surface area contributed by atoms with Crippen molar-refractivity contribution in [2.24, 2.45) is 5.73 Å². The van der Waals surface area contributed by atoms with Gasteiger partial charge in [-0.05, 0) is 52.9 Å². The molecule has 0 radical (unpaired) electrons. The second-order valence-electron chi connectivity index (χ2n) is 4.60. The molecule has 2 heterocycles. The number of hydrogen-bond acceptors (Lipinski definition) is 3. The van der Waals surface area contributed by atoms with Gasteiger partial charge in [-0.2, -0.15) is 5.10 Å². The summed E-state index contributed by atoms with van der Waals surface area (Å²) in [6, 6.07) is 4.06. The minimum Gasteiger partial charge on any atom is -0.323 e. The van der Waals surface area contributed by atoms with Crippen molar-refractivity contribution in [3.63, 3.8) is 0 Å². The predicted molar refractivity (Wildman–Crippen MR) is 79.7 cm³/mol. The Balaban J connectivity index is 2.03. The van der Waals surface area contributed by atoms with E-state index in [-0.39, 0.29) is 6.04 Å². The van der Waals surface area contributed by atoms with Crippen molar-refractivity contribution in [3.8, 4) is 0 Å². The maximum atomic E-state index is 6.31. The van der Waals surface area contributed by atoms with Crippen LogP contribution >= 0.6 is 15.9 Å². The van der Waals surface area contributed by atoms with Gasteiger partial charge in [0.1, 0.15) is 0 Å². The molecule has 2 aromatic heterocycles. The van der Waals surface area contributed by atoms with Gasteiger partial charge < -0.3 is 5.73 Å². The average Bonchev–Trinajstić information content (AvgIpc) is 2.79. The molecule has 0 saturated heterocycles. The summed E-state index contributed by atoms with van der Waals surface area (Å²) >= 11 is 3.54. The molecule has 0 spiro atoms. The molecule has 19 heavy (non-hydrogen) atoms. The van der Waals surface area contributed by atoms with E-state index >= 15 is 0 Å². The summed E-state index contributed by atoms with van der Waals surface area (Å²) in [5, 5.41) is 4.36. The van der Waals surface area contributed by atoms with Crippen LogP contribution in [0.15, 0.2) is 35.2 Å². The third kappa shape index (κ3) is 3.64. The molecule has 0 amide bonds. The van der Waals surface area contributed by atoms with Crippen LogP contribution in [-0.4, -0.2) is 14.8 Å².